The number of hydrogen-bond donors (Lipinski definition) is 2. The van der Waals surface area contributed by atoms with Crippen molar-refractivity contribution in [1.29, 1.82) is 0 Å². The Balaban J connectivity index is 2.13. The van der Waals surface area contributed by atoms with Gasteiger partial charge in [0.15, 0.2) is 0 Å². The summed E-state index contributed by atoms with van der Waals surface area (Å²) in [6, 6.07) is 0.177. The zero-order chi connectivity index (χ0) is 13.1. The molecule has 1 saturated carbocycles. The summed E-state index contributed by atoms with van der Waals surface area (Å²) in [5.41, 5.74) is 5.67. The molecule has 0 aromatic carbocycles. The molecule has 18 heavy (non-hydrogen) atoms. The average Bonchev–Trinajstić information content (AvgIpc) is 2.86. The first-order chi connectivity index (χ1) is 8.63. The van der Waals surface area contributed by atoms with Gasteiger partial charge in [-0.1, -0.05) is 6.42 Å². The molecule has 2 atom stereocenters. The average molecular weight is 250 g/mol. The molecule has 98 valence electrons. The van der Waals surface area contributed by atoms with E-state index in [0.717, 1.165) is 25.5 Å². The van der Waals surface area contributed by atoms with Crippen LogP contribution in [0.15, 0.2) is 17.2 Å². The fourth-order valence-corrected chi connectivity index (χ4v) is 2.59. The van der Waals surface area contributed by atoms with E-state index in [2.05, 4.69) is 9.97 Å². The first-order valence-corrected chi connectivity index (χ1v) is 6.15. The number of aromatic amines is 1. The Kier molecular flexibility index (Phi) is 3.76. The third kappa shape index (κ3) is 2.43. The van der Waals surface area contributed by atoms with Crippen molar-refractivity contribution in [2.24, 2.45) is 11.7 Å². The maximum atomic E-state index is 12.2. The Morgan fingerprint density at radius 1 is 1.61 bits per heavy atom. The first-order valence-electron chi connectivity index (χ1n) is 6.15. The lowest BCUT2D eigenvalue weighted by molar-refractivity contribution is 0.0693. The molecule has 1 aliphatic carbocycles. The minimum Gasteiger partial charge on any atom is -0.337 e. The zero-order valence-electron chi connectivity index (χ0n) is 10.4. The largest absolute Gasteiger partial charge is 0.337 e. The highest BCUT2D eigenvalue weighted by Crippen LogP contribution is 2.28. The summed E-state index contributed by atoms with van der Waals surface area (Å²) in [5, 5.41) is 0. The quantitative estimate of drug-likeness (QED) is 0.788. The van der Waals surface area contributed by atoms with Gasteiger partial charge in [-0.15, -0.1) is 0 Å². The van der Waals surface area contributed by atoms with Crippen molar-refractivity contribution in [1.82, 2.24) is 14.9 Å². The molecule has 6 nitrogen and oxygen atoms in total. The number of H-pyrrole nitrogens is 1. The van der Waals surface area contributed by atoms with Gasteiger partial charge in [0, 0.05) is 19.3 Å². The Morgan fingerprint density at radius 3 is 3.00 bits per heavy atom. The van der Waals surface area contributed by atoms with E-state index >= 15 is 0 Å². The molecule has 1 aliphatic rings. The summed E-state index contributed by atoms with van der Waals surface area (Å²) in [7, 11) is 1.77. The third-order valence-electron chi connectivity index (χ3n) is 3.63. The molecule has 1 aromatic rings. The normalized spacial score (nSPS) is 23.0. The first kappa shape index (κ1) is 12.8. The summed E-state index contributed by atoms with van der Waals surface area (Å²) in [4.78, 5) is 31.1. The number of hydrogen-bond acceptors (Lipinski definition) is 4. The molecule has 0 aliphatic heterocycles. The molecule has 1 amide bonds. The molecule has 0 saturated heterocycles. The van der Waals surface area contributed by atoms with E-state index in [-0.39, 0.29) is 23.2 Å². The Bertz CT molecular complexity index is 465. The topological polar surface area (TPSA) is 92.1 Å². The predicted molar refractivity (Wildman–Crippen MR) is 67.1 cm³/mol. The summed E-state index contributed by atoms with van der Waals surface area (Å²) in [5.74, 6) is 0.193. The maximum Gasteiger partial charge on any atom is 0.273 e. The zero-order valence-corrected chi connectivity index (χ0v) is 10.4. The lowest BCUT2D eigenvalue weighted by Crippen LogP contribution is -2.42. The highest BCUT2D eigenvalue weighted by Gasteiger charge is 2.32. The lowest BCUT2D eigenvalue weighted by atomic mass is 10.0. The van der Waals surface area contributed by atoms with Crippen LogP contribution >= 0.6 is 0 Å². The van der Waals surface area contributed by atoms with E-state index < -0.39 is 0 Å². The molecule has 3 N–H and O–H groups in total. The number of aromatic nitrogens is 2. The van der Waals surface area contributed by atoms with Crippen molar-refractivity contribution < 1.29 is 4.79 Å². The summed E-state index contributed by atoms with van der Waals surface area (Å²) in [6.45, 7) is 0.599. The van der Waals surface area contributed by atoms with Gasteiger partial charge >= 0.3 is 0 Å². The van der Waals surface area contributed by atoms with Crippen LogP contribution in [-0.4, -0.2) is 40.4 Å². The van der Waals surface area contributed by atoms with Crippen LogP contribution < -0.4 is 11.3 Å². The standard InChI is InChI=1S/C12H18N4O2/c1-16(10-4-2-3-8(10)5-13)12(18)9-6-15-11(17)7-14-9/h6-8,10H,2-5,13H2,1H3,(H,15,17). The van der Waals surface area contributed by atoms with Crippen LogP contribution in [0.5, 0.6) is 0 Å². The van der Waals surface area contributed by atoms with Gasteiger partial charge in [-0.2, -0.15) is 0 Å². The molecule has 0 radical (unpaired) electrons. The van der Waals surface area contributed by atoms with Crippen LogP contribution in [0.2, 0.25) is 0 Å². The molecule has 0 spiro atoms. The number of nitrogens with two attached hydrogens (primary N) is 1. The molecule has 6 heteroatoms. The van der Waals surface area contributed by atoms with Crippen LogP contribution in [0.1, 0.15) is 29.8 Å². The van der Waals surface area contributed by atoms with Crippen molar-refractivity contribution in [3.63, 3.8) is 0 Å². The van der Waals surface area contributed by atoms with E-state index in [1.165, 1.54) is 6.20 Å². The molecular formula is C12H18N4O2. The van der Waals surface area contributed by atoms with Crippen molar-refractivity contribution in [3.05, 3.63) is 28.4 Å². The molecule has 2 unspecified atom stereocenters. The fraction of sp³-hybridized carbons (Fsp3) is 0.583. The highest BCUT2D eigenvalue weighted by atomic mass is 16.2. The van der Waals surface area contributed by atoms with E-state index in [9.17, 15) is 9.59 Å². The number of nitrogens with one attached hydrogen (secondary N) is 1. The number of amides is 1. The van der Waals surface area contributed by atoms with Crippen LogP contribution in [0, 0.1) is 5.92 Å². The summed E-state index contributed by atoms with van der Waals surface area (Å²) in [6.07, 6.45) is 5.62. The Labute approximate surface area is 105 Å². The number of carbonyl (C=O) groups is 1. The maximum absolute atomic E-state index is 12.2. The van der Waals surface area contributed by atoms with E-state index in [4.69, 9.17) is 5.73 Å². The van der Waals surface area contributed by atoms with E-state index in [1.807, 2.05) is 0 Å². The Hall–Kier alpha value is -1.69. The smallest absolute Gasteiger partial charge is 0.273 e. The summed E-state index contributed by atoms with van der Waals surface area (Å²) >= 11 is 0. The van der Waals surface area contributed by atoms with Crippen LogP contribution in [0.25, 0.3) is 0 Å². The van der Waals surface area contributed by atoms with Crippen LogP contribution in [-0.2, 0) is 0 Å². The highest BCUT2D eigenvalue weighted by molar-refractivity contribution is 5.92. The molecule has 1 aromatic heterocycles. The molecule has 1 heterocycles. The minimum atomic E-state index is -0.310. The second kappa shape index (κ2) is 5.30. The Morgan fingerprint density at radius 2 is 2.39 bits per heavy atom. The van der Waals surface area contributed by atoms with Crippen molar-refractivity contribution in [3.8, 4) is 0 Å². The van der Waals surface area contributed by atoms with E-state index in [0.29, 0.717) is 12.5 Å². The summed E-state index contributed by atoms with van der Waals surface area (Å²) < 4.78 is 0. The van der Waals surface area contributed by atoms with Crippen molar-refractivity contribution >= 4 is 5.91 Å². The number of nitrogens with zero attached hydrogens (tertiary/aromatic N) is 2. The number of rotatable bonds is 3. The van der Waals surface area contributed by atoms with Gasteiger partial charge in [0.05, 0.1) is 6.20 Å². The van der Waals surface area contributed by atoms with Gasteiger partial charge < -0.3 is 15.6 Å². The van der Waals surface area contributed by atoms with E-state index in [1.54, 1.807) is 11.9 Å². The monoisotopic (exact) mass is 250 g/mol. The van der Waals surface area contributed by atoms with Crippen LogP contribution in [0.3, 0.4) is 0 Å². The lowest BCUT2D eigenvalue weighted by Gasteiger charge is -2.28. The second-order valence-electron chi connectivity index (χ2n) is 4.71. The van der Waals surface area contributed by atoms with Gasteiger partial charge in [-0.3, -0.25) is 9.59 Å². The minimum absolute atomic E-state index is 0.170. The molecule has 1 fully saturated rings. The van der Waals surface area contributed by atoms with Gasteiger partial charge in [0.2, 0.25) is 0 Å². The van der Waals surface area contributed by atoms with Crippen molar-refractivity contribution in [2.75, 3.05) is 13.6 Å². The van der Waals surface area contributed by atoms with Crippen molar-refractivity contribution in [2.45, 2.75) is 25.3 Å². The van der Waals surface area contributed by atoms with Gasteiger partial charge in [-0.05, 0) is 25.3 Å². The SMILES string of the molecule is CN(C(=O)c1c[nH]c(=O)cn1)C1CCCC1CN. The second-order valence-corrected chi connectivity index (χ2v) is 4.71. The fourth-order valence-electron chi connectivity index (χ4n) is 2.59. The van der Waals surface area contributed by atoms with Gasteiger partial charge in [0.1, 0.15) is 5.69 Å². The molecule has 2 rings (SSSR count). The van der Waals surface area contributed by atoms with Gasteiger partial charge in [-0.25, -0.2) is 4.98 Å². The van der Waals surface area contributed by atoms with Crippen LogP contribution in [0.4, 0.5) is 0 Å². The van der Waals surface area contributed by atoms with Gasteiger partial charge in [0.25, 0.3) is 11.5 Å². The third-order valence-corrected chi connectivity index (χ3v) is 3.63. The molecule has 0 bridgehead atoms. The number of carbonyl (C=O) groups excluding carboxylic acids is 1. The predicted octanol–water partition coefficient (Wildman–Crippen LogP) is -0.0307. The molecular weight excluding hydrogens is 232 g/mol.